The van der Waals surface area contributed by atoms with Gasteiger partial charge in [-0.05, 0) is 89.5 Å². The molecule has 222 valence electrons. The van der Waals surface area contributed by atoms with Crippen LogP contribution in [-0.4, -0.2) is 34.2 Å². The fourth-order valence-corrected chi connectivity index (χ4v) is 5.55. The number of hydrogen-bond acceptors (Lipinski definition) is 6. The number of methoxy groups -OCH3 is 1. The highest BCUT2D eigenvalue weighted by atomic mass is 32.2. The SMILES string of the molecule is C=CCc1cc(/C=C2\SC(=Nc3ccccc3)N(Cc3ccc(C(=O)O)cc3)C2=O)cc(OC)c1OCc1ccc(F)cc1. The number of thioether (sulfide) groups is 1. The second-order valence-corrected chi connectivity index (χ2v) is 10.9. The lowest BCUT2D eigenvalue weighted by Crippen LogP contribution is -2.28. The van der Waals surface area contributed by atoms with E-state index in [0.29, 0.717) is 33.7 Å². The Balaban J connectivity index is 1.47. The molecule has 0 spiro atoms. The molecule has 1 N–H and O–H groups in total. The molecule has 44 heavy (non-hydrogen) atoms. The van der Waals surface area contributed by atoms with Crippen LogP contribution in [0.25, 0.3) is 6.08 Å². The molecular formula is C35H29FN2O5S. The van der Waals surface area contributed by atoms with Gasteiger partial charge in [0.25, 0.3) is 5.91 Å². The minimum atomic E-state index is -1.01. The standard InChI is InChI=1S/C35H29FN2O5S/c1-3-7-27-18-25(19-30(42-2)32(27)43-22-24-12-16-28(36)17-13-24)20-31-33(39)38(21-23-10-14-26(15-11-23)34(40)41)35(44-31)37-29-8-5-4-6-9-29/h3-6,8-20H,1,7,21-22H2,2H3,(H,40,41)/b31-20-,37-35?. The number of halogens is 1. The van der Waals surface area contributed by atoms with Crippen molar-refractivity contribution in [1.29, 1.82) is 0 Å². The molecule has 0 atom stereocenters. The van der Waals surface area contributed by atoms with Gasteiger partial charge < -0.3 is 14.6 Å². The maximum Gasteiger partial charge on any atom is 0.335 e. The van der Waals surface area contributed by atoms with Crippen LogP contribution in [0.5, 0.6) is 11.5 Å². The number of nitrogens with zero attached hydrogens (tertiary/aromatic N) is 2. The van der Waals surface area contributed by atoms with E-state index in [4.69, 9.17) is 14.5 Å². The molecular weight excluding hydrogens is 579 g/mol. The van der Waals surface area contributed by atoms with Gasteiger partial charge in [-0.2, -0.15) is 0 Å². The van der Waals surface area contributed by atoms with Crippen molar-refractivity contribution in [3.8, 4) is 11.5 Å². The van der Waals surface area contributed by atoms with Crippen LogP contribution < -0.4 is 9.47 Å². The molecule has 7 nitrogen and oxygen atoms in total. The number of rotatable bonds is 11. The van der Waals surface area contributed by atoms with E-state index in [0.717, 1.165) is 22.3 Å². The van der Waals surface area contributed by atoms with E-state index < -0.39 is 5.97 Å². The third-order valence-electron chi connectivity index (χ3n) is 6.74. The van der Waals surface area contributed by atoms with Gasteiger partial charge >= 0.3 is 5.97 Å². The molecule has 4 aromatic rings. The van der Waals surface area contributed by atoms with Crippen LogP contribution in [0.1, 0.15) is 32.6 Å². The van der Waals surface area contributed by atoms with Gasteiger partial charge in [-0.3, -0.25) is 9.69 Å². The number of allylic oxidation sites excluding steroid dienone is 1. The second-order valence-electron chi connectivity index (χ2n) is 9.85. The van der Waals surface area contributed by atoms with Crippen LogP contribution in [0, 0.1) is 5.82 Å². The van der Waals surface area contributed by atoms with Crippen LogP contribution in [0.3, 0.4) is 0 Å². The molecule has 1 aliphatic rings. The molecule has 4 aromatic carbocycles. The highest BCUT2D eigenvalue weighted by Gasteiger charge is 2.33. The van der Waals surface area contributed by atoms with Crippen molar-refractivity contribution in [3.63, 3.8) is 0 Å². The van der Waals surface area contributed by atoms with Crippen LogP contribution in [0.15, 0.2) is 114 Å². The van der Waals surface area contributed by atoms with Gasteiger partial charge in [0.05, 0.1) is 29.8 Å². The zero-order valence-corrected chi connectivity index (χ0v) is 24.7. The number of amides is 1. The van der Waals surface area contributed by atoms with Crippen molar-refractivity contribution in [2.75, 3.05) is 7.11 Å². The lowest BCUT2D eigenvalue weighted by molar-refractivity contribution is -0.122. The Labute approximate surface area is 259 Å². The number of benzene rings is 4. The summed E-state index contributed by atoms with van der Waals surface area (Å²) in [6.45, 7) is 4.31. The van der Waals surface area contributed by atoms with Crippen LogP contribution >= 0.6 is 11.8 Å². The second kappa shape index (κ2) is 13.9. The third kappa shape index (κ3) is 7.25. The maximum absolute atomic E-state index is 13.8. The third-order valence-corrected chi connectivity index (χ3v) is 7.75. The molecule has 0 bridgehead atoms. The van der Waals surface area contributed by atoms with Gasteiger partial charge in [0.2, 0.25) is 0 Å². The smallest absolute Gasteiger partial charge is 0.335 e. The number of hydrogen-bond donors (Lipinski definition) is 1. The summed E-state index contributed by atoms with van der Waals surface area (Å²) < 4.78 is 25.2. The summed E-state index contributed by atoms with van der Waals surface area (Å²) >= 11 is 1.26. The van der Waals surface area contributed by atoms with Crippen molar-refractivity contribution in [2.24, 2.45) is 4.99 Å². The first kappa shape index (κ1) is 30.3. The molecule has 1 heterocycles. The number of para-hydroxylation sites is 1. The normalized spacial score (nSPS) is 14.7. The first-order valence-electron chi connectivity index (χ1n) is 13.7. The topological polar surface area (TPSA) is 88.4 Å². The molecule has 9 heteroatoms. The fraction of sp³-hybridized carbons (Fsp3) is 0.114. The molecule has 0 aromatic heterocycles. The van der Waals surface area contributed by atoms with E-state index in [1.54, 1.807) is 54.5 Å². The number of aliphatic imine (C=N–C) groups is 1. The van der Waals surface area contributed by atoms with Crippen LogP contribution in [0.4, 0.5) is 10.1 Å². The summed E-state index contributed by atoms with van der Waals surface area (Å²) in [6, 6.07) is 25.6. The van der Waals surface area contributed by atoms with Gasteiger partial charge in [0, 0.05) is 5.56 Å². The number of carbonyl (C=O) groups excluding carboxylic acids is 1. The number of carbonyl (C=O) groups is 2. The van der Waals surface area contributed by atoms with E-state index in [1.165, 1.54) is 36.0 Å². The van der Waals surface area contributed by atoms with Gasteiger partial charge in [0.1, 0.15) is 12.4 Å². The number of aromatic carboxylic acids is 1. The number of ether oxygens (including phenoxy) is 2. The molecule has 0 aliphatic carbocycles. The van der Waals surface area contributed by atoms with E-state index in [-0.39, 0.29) is 30.4 Å². The summed E-state index contributed by atoms with van der Waals surface area (Å²) in [5, 5.41) is 9.76. The first-order chi connectivity index (χ1) is 21.3. The first-order valence-corrected chi connectivity index (χ1v) is 14.5. The molecule has 1 saturated heterocycles. The average molecular weight is 609 g/mol. The Bertz CT molecular complexity index is 1740. The number of carboxylic acids is 1. The van der Waals surface area contributed by atoms with Crippen molar-refractivity contribution < 1.29 is 28.6 Å². The van der Waals surface area contributed by atoms with Gasteiger partial charge in [-0.25, -0.2) is 14.2 Å². The van der Waals surface area contributed by atoms with Crippen molar-refractivity contribution >= 4 is 40.6 Å². The molecule has 1 fully saturated rings. The van der Waals surface area contributed by atoms with E-state index in [9.17, 15) is 19.1 Å². The van der Waals surface area contributed by atoms with E-state index >= 15 is 0 Å². The lowest BCUT2D eigenvalue weighted by atomic mass is 10.0. The molecule has 1 aliphatic heterocycles. The predicted octanol–water partition coefficient (Wildman–Crippen LogP) is 7.64. The molecule has 5 rings (SSSR count). The molecule has 0 radical (unpaired) electrons. The predicted molar refractivity (Wildman–Crippen MR) is 171 cm³/mol. The number of carboxylic acid groups (broad SMARTS) is 1. The zero-order valence-electron chi connectivity index (χ0n) is 23.9. The largest absolute Gasteiger partial charge is 0.493 e. The summed E-state index contributed by atoms with van der Waals surface area (Å²) in [5.74, 6) is -0.529. The summed E-state index contributed by atoms with van der Waals surface area (Å²) in [5.41, 5.74) is 3.99. The lowest BCUT2D eigenvalue weighted by Gasteiger charge is -2.16. The van der Waals surface area contributed by atoms with Gasteiger partial charge in [0.15, 0.2) is 16.7 Å². The fourth-order valence-electron chi connectivity index (χ4n) is 4.56. The van der Waals surface area contributed by atoms with E-state index in [2.05, 4.69) is 6.58 Å². The molecule has 1 amide bonds. The summed E-state index contributed by atoms with van der Waals surface area (Å²) in [7, 11) is 1.55. The molecule has 0 unspecified atom stereocenters. The minimum absolute atomic E-state index is 0.170. The Kier molecular flexibility index (Phi) is 9.56. The Morgan fingerprint density at radius 2 is 1.73 bits per heavy atom. The zero-order chi connectivity index (χ0) is 31.1. The maximum atomic E-state index is 13.8. The van der Waals surface area contributed by atoms with Gasteiger partial charge in [-0.15, -0.1) is 6.58 Å². The highest BCUT2D eigenvalue weighted by molar-refractivity contribution is 8.18. The van der Waals surface area contributed by atoms with Crippen LogP contribution in [-0.2, 0) is 24.4 Å². The summed E-state index contributed by atoms with van der Waals surface area (Å²) in [6.07, 6.45) is 4.04. The Hall–Kier alpha value is -5.15. The van der Waals surface area contributed by atoms with Crippen molar-refractivity contribution in [3.05, 3.63) is 142 Å². The summed E-state index contributed by atoms with van der Waals surface area (Å²) in [4.78, 5) is 31.9. The molecule has 0 saturated carbocycles. The quantitative estimate of drug-likeness (QED) is 0.139. The number of amidine groups is 1. The van der Waals surface area contributed by atoms with Crippen molar-refractivity contribution in [2.45, 2.75) is 19.6 Å². The Morgan fingerprint density at radius 3 is 2.39 bits per heavy atom. The van der Waals surface area contributed by atoms with Crippen LogP contribution in [0.2, 0.25) is 0 Å². The average Bonchev–Trinajstić information content (AvgIpc) is 3.30. The van der Waals surface area contributed by atoms with Gasteiger partial charge in [-0.1, -0.05) is 48.5 Å². The monoisotopic (exact) mass is 608 g/mol. The minimum Gasteiger partial charge on any atom is -0.493 e. The van der Waals surface area contributed by atoms with E-state index in [1.807, 2.05) is 36.4 Å². The highest BCUT2D eigenvalue weighted by Crippen LogP contribution is 2.38. The van der Waals surface area contributed by atoms with Crippen molar-refractivity contribution in [1.82, 2.24) is 4.90 Å². The Morgan fingerprint density at radius 1 is 1.02 bits per heavy atom.